The molecule has 2 aromatic carbocycles. The lowest BCUT2D eigenvalue weighted by atomic mass is 9.85. The Hall–Kier alpha value is -2.35. The van der Waals surface area contributed by atoms with Crippen molar-refractivity contribution in [3.8, 4) is 5.75 Å². The van der Waals surface area contributed by atoms with E-state index in [0.29, 0.717) is 17.1 Å². The first-order valence-electron chi connectivity index (χ1n) is 8.35. The van der Waals surface area contributed by atoms with Crippen molar-refractivity contribution in [1.82, 2.24) is 0 Å². The number of hydrogen-bond donors (Lipinski definition) is 1. The number of para-hydroxylation sites is 1. The molecule has 0 aromatic heterocycles. The molecule has 1 N–H and O–H groups in total. The molecule has 2 nitrogen and oxygen atoms in total. The average Bonchev–Trinajstić information content (AvgIpc) is 2.61. The summed E-state index contributed by atoms with van der Waals surface area (Å²) in [6.07, 6.45) is 8.17. The van der Waals surface area contributed by atoms with E-state index >= 15 is 0 Å². The van der Waals surface area contributed by atoms with E-state index in [0.717, 1.165) is 18.4 Å². The van der Waals surface area contributed by atoms with Gasteiger partial charge in [-0.05, 0) is 36.5 Å². The van der Waals surface area contributed by atoms with Crippen LogP contribution in [-0.2, 0) is 0 Å². The highest BCUT2D eigenvalue weighted by atomic mass is 16.3. The van der Waals surface area contributed by atoms with Gasteiger partial charge in [0.15, 0.2) is 5.78 Å². The van der Waals surface area contributed by atoms with Crippen molar-refractivity contribution in [2.24, 2.45) is 5.92 Å². The number of aromatic hydroxyl groups is 1. The molecule has 0 spiro atoms. The second kappa shape index (κ2) is 7.28. The lowest BCUT2D eigenvalue weighted by molar-refractivity contribution is 0.105. The minimum atomic E-state index is -0.0973. The van der Waals surface area contributed by atoms with Crippen molar-refractivity contribution in [2.75, 3.05) is 0 Å². The van der Waals surface area contributed by atoms with Crippen LogP contribution in [0, 0.1) is 5.92 Å². The molecule has 2 heteroatoms. The summed E-state index contributed by atoms with van der Waals surface area (Å²) in [5.74, 6) is 0.400. The van der Waals surface area contributed by atoms with Gasteiger partial charge in [0.1, 0.15) is 5.75 Å². The standard InChI is InChI=1S/C21H22O2/c22-20-14-8-7-13-18(20)21(23)19(17-11-5-2-6-12-17)15-16-9-3-1-4-10-16/h2,5-8,11-16,22H,1,3-4,9-10H2. The molecule has 2 aromatic rings. The number of phenols is 1. The molecular formula is C21H22O2. The second-order valence-corrected chi connectivity index (χ2v) is 6.19. The van der Waals surface area contributed by atoms with Crippen LogP contribution in [0.4, 0.5) is 0 Å². The van der Waals surface area contributed by atoms with Gasteiger partial charge in [-0.1, -0.05) is 67.8 Å². The SMILES string of the molecule is O=C(C(=CC1CCCCC1)c1ccccc1)c1ccccc1O. The summed E-state index contributed by atoms with van der Waals surface area (Å²) in [7, 11) is 0. The third kappa shape index (κ3) is 3.70. The normalized spacial score (nSPS) is 16.3. The van der Waals surface area contributed by atoms with Gasteiger partial charge < -0.3 is 5.11 Å². The molecule has 3 rings (SSSR count). The van der Waals surface area contributed by atoms with Gasteiger partial charge in [-0.15, -0.1) is 0 Å². The topological polar surface area (TPSA) is 37.3 Å². The summed E-state index contributed by atoms with van der Waals surface area (Å²) in [6, 6.07) is 16.6. The summed E-state index contributed by atoms with van der Waals surface area (Å²) < 4.78 is 0. The van der Waals surface area contributed by atoms with E-state index in [2.05, 4.69) is 6.08 Å². The van der Waals surface area contributed by atoms with Crippen molar-refractivity contribution in [1.29, 1.82) is 0 Å². The zero-order valence-corrected chi connectivity index (χ0v) is 13.2. The number of carbonyl (C=O) groups is 1. The predicted octanol–water partition coefficient (Wildman–Crippen LogP) is 5.24. The summed E-state index contributed by atoms with van der Waals surface area (Å²) in [5, 5.41) is 10.0. The highest BCUT2D eigenvalue weighted by Gasteiger charge is 2.20. The van der Waals surface area contributed by atoms with E-state index in [9.17, 15) is 9.90 Å². The fourth-order valence-electron chi connectivity index (χ4n) is 3.27. The molecule has 0 saturated heterocycles. The molecule has 0 aliphatic heterocycles. The van der Waals surface area contributed by atoms with Gasteiger partial charge in [0.25, 0.3) is 0 Å². The number of hydrogen-bond acceptors (Lipinski definition) is 2. The van der Waals surface area contributed by atoms with Crippen molar-refractivity contribution in [3.05, 3.63) is 71.8 Å². The second-order valence-electron chi connectivity index (χ2n) is 6.19. The van der Waals surface area contributed by atoms with Gasteiger partial charge >= 0.3 is 0 Å². The van der Waals surface area contributed by atoms with Crippen LogP contribution in [0.25, 0.3) is 5.57 Å². The fraction of sp³-hybridized carbons (Fsp3) is 0.286. The third-order valence-electron chi connectivity index (χ3n) is 4.53. The smallest absolute Gasteiger partial charge is 0.197 e. The van der Waals surface area contributed by atoms with Crippen molar-refractivity contribution in [2.45, 2.75) is 32.1 Å². The Balaban J connectivity index is 2.00. The molecule has 23 heavy (non-hydrogen) atoms. The van der Waals surface area contributed by atoms with Crippen LogP contribution in [0.15, 0.2) is 60.7 Å². The van der Waals surface area contributed by atoms with Crippen LogP contribution in [0.2, 0.25) is 0 Å². The number of rotatable bonds is 4. The minimum absolute atomic E-state index is 0.0444. The largest absolute Gasteiger partial charge is 0.507 e. The lowest BCUT2D eigenvalue weighted by Gasteiger charge is -2.20. The van der Waals surface area contributed by atoms with Crippen molar-refractivity contribution >= 4 is 11.4 Å². The van der Waals surface area contributed by atoms with Gasteiger partial charge in [0.05, 0.1) is 5.56 Å². The van der Waals surface area contributed by atoms with E-state index in [1.165, 1.54) is 19.3 Å². The van der Waals surface area contributed by atoms with E-state index in [-0.39, 0.29) is 11.5 Å². The van der Waals surface area contributed by atoms with Gasteiger partial charge in [0.2, 0.25) is 0 Å². The molecule has 1 fully saturated rings. The first-order valence-corrected chi connectivity index (χ1v) is 8.35. The predicted molar refractivity (Wildman–Crippen MR) is 93.4 cm³/mol. The fourth-order valence-corrected chi connectivity index (χ4v) is 3.27. The molecule has 0 radical (unpaired) electrons. The van der Waals surface area contributed by atoms with Crippen molar-refractivity contribution in [3.63, 3.8) is 0 Å². The molecule has 118 valence electrons. The molecule has 1 aliphatic rings. The van der Waals surface area contributed by atoms with E-state index in [4.69, 9.17) is 0 Å². The average molecular weight is 306 g/mol. The van der Waals surface area contributed by atoms with Crippen LogP contribution in [0.1, 0.15) is 48.0 Å². The van der Waals surface area contributed by atoms with Crippen LogP contribution in [0.3, 0.4) is 0 Å². The maximum atomic E-state index is 13.0. The molecule has 0 heterocycles. The van der Waals surface area contributed by atoms with Gasteiger partial charge in [0, 0.05) is 5.57 Å². The Morgan fingerprint density at radius 2 is 1.57 bits per heavy atom. The number of phenolic OH excluding ortho intramolecular Hbond substituents is 1. The molecule has 0 bridgehead atoms. The Morgan fingerprint density at radius 3 is 2.26 bits per heavy atom. The van der Waals surface area contributed by atoms with E-state index < -0.39 is 0 Å². The molecular weight excluding hydrogens is 284 g/mol. The van der Waals surface area contributed by atoms with E-state index in [1.807, 2.05) is 30.3 Å². The monoisotopic (exact) mass is 306 g/mol. The zero-order chi connectivity index (χ0) is 16.1. The van der Waals surface area contributed by atoms with Crippen LogP contribution < -0.4 is 0 Å². The number of allylic oxidation sites excluding steroid dienone is 2. The maximum Gasteiger partial charge on any atom is 0.197 e. The number of carbonyl (C=O) groups excluding carboxylic acids is 1. The van der Waals surface area contributed by atoms with E-state index in [1.54, 1.807) is 24.3 Å². The number of benzene rings is 2. The Labute approximate surface area is 137 Å². The van der Waals surface area contributed by atoms with Gasteiger partial charge in [-0.3, -0.25) is 4.79 Å². The highest BCUT2D eigenvalue weighted by molar-refractivity contribution is 6.29. The van der Waals surface area contributed by atoms with Crippen LogP contribution >= 0.6 is 0 Å². The lowest BCUT2D eigenvalue weighted by Crippen LogP contribution is -2.09. The minimum Gasteiger partial charge on any atom is -0.507 e. The third-order valence-corrected chi connectivity index (χ3v) is 4.53. The summed E-state index contributed by atoms with van der Waals surface area (Å²) in [5.41, 5.74) is 2.00. The highest BCUT2D eigenvalue weighted by Crippen LogP contribution is 2.31. The Kier molecular flexibility index (Phi) is 4.92. The molecule has 1 saturated carbocycles. The first kappa shape index (κ1) is 15.5. The number of ketones is 1. The van der Waals surface area contributed by atoms with Crippen molar-refractivity contribution < 1.29 is 9.90 Å². The maximum absolute atomic E-state index is 13.0. The molecule has 0 atom stereocenters. The zero-order valence-electron chi connectivity index (χ0n) is 13.2. The molecule has 1 aliphatic carbocycles. The summed E-state index contributed by atoms with van der Waals surface area (Å²) in [6.45, 7) is 0. The number of Topliss-reactive ketones (excluding diaryl/α,β-unsaturated/α-hetero) is 1. The summed E-state index contributed by atoms with van der Waals surface area (Å²) >= 11 is 0. The van der Waals surface area contributed by atoms with Gasteiger partial charge in [-0.2, -0.15) is 0 Å². The Bertz CT molecular complexity index is 695. The first-order chi connectivity index (χ1) is 11.3. The van der Waals surface area contributed by atoms with Crippen LogP contribution in [-0.4, -0.2) is 10.9 Å². The summed E-state index contributed by atoms with van der Waals surface area (Å²) in [4.78, 5) is 13.0. The molecule has 0 unspecified atom stereocenters. The quantitative estimate of drug-likeness (QED) is 0.619. The Morgan fingerprint density at radius 1 is 0.913 bits per heavy atom. The van der Waals surface area contributed by atoms with Gasteiger partial charge in [-0.25, -0.2) is 0 Å². The molecule has 0 amide bonds. The van der Waals surface area contributed by atoms with Crippen LogP contribution in [0.5, 0.6) is 5.75 Å².